The van der Waals surface area contributed by atoms with Gasteiger partial charge in [0.15, 0.2) is 5.69 Å². The summed E-state index contributed by atoms with van der Waals surface area (Å²) in [7, 11) is 0. The lowest BCUT2D eigenvalue weighted by atomic mass is 10.1. The summed E-state index contributed by atoms with van der Waals surface area (Å²) in [5.74, 6) is -0.706. The van der Waals surface area contributed by atoms with Gasteiger partial charge in [0.25, 0.3) is 5.91 Å². The molecule has 1 amide bonds. The molecule has 0 radical (unpaired) electrons. The van der Waals surface area contributed by atoms with Gasteiger partial charge in [-0.3, -0.25) is 4.79 Å². The average Bonchev–Trinajstić information content (AvgIpc) is 3.00. The minimum absolute atomic E-state index is 0.0444. The van der Waals surface area contributed by atoms with Gasteiger partial charge in [-0.2, -0.15) is 0 Å². The van der Waals surface area contributed by atoms with Gasteiger partial charge in [-0.15, -0.1) is 0 Å². The zero-order chi connectivity index (χ0) is 13.3. The number of aliphatic carboxylic acids is 1. The summed E-state index contributed by atoms with van der Waals surface area (Å²) < 4.78 is 5.01. The molecule has 1 saturated carbocycles. The van der Waals surface area contributed by atoms with Crippen molar-refractivity contribution in [1.29, 1.82) is 0 Å². The van der Waals surface area contributed by atoms with Crippen LogP contribution in [0.3, 0.4) is 0 Å². The van der Waals surface area contributed by atoms with Crippen LogP contribution < -0.4 is 5.32 Å². The lowest BCUT2D eigenvalue weighted by Gasteiger charge is -2.11. The van der Waals surface area contributed by atoms with Crippen molar-refractivity contribution in [3.63, 3.8) is 0 Å². The van der Waals surface area contributed by atoms with E-state index < -0.39 is 17.9 Å². The summed E-state index contributed by atoms with van der Waals surface area (Å²) >= 11 is 0. The standard InChI is InChI=1S/C12H16N2O4/c1-6(2)9-5-8(14-18-9)11(15)13-10(12(16)17)7-3-4-7/h5-7,10H,3-4H2,1-2H3,(H,13,15)(H,16,17). The van der Waals surface area contributed by atoms with E-state index in [2.05, 4.69) is 10.5 Å². The van der Waals surface area contributed by atoms with E-state index in [0.29, 0.717) is 5.76 Å². The van der Waals surface area contributed by atoms with Gasteiger partial charge in [0.1, 0.15) is 11.8 Å². The summed E-state index contributed by atoms with van der Waals surface area (Å²) in [6, 6.07) is 0.725. The van der Waals surface area contributed by atoms with E-state index in [9.17, 15) is 9.59 Å². The Morgan fingerprint density at radius 2 is 2.17 bits per heavy atom. The second kappa shape index (κ2) is 4.80. The minimum atomic E-state index is -1.00. The highest BCUT2D eigenvalue weighted by molar-refractivity contribution is 5.95. The van der Waals surface area contributed by atoms with Gasteiger partial charge < -0.3 is 14.9 Å². The van der Waals surface area contributed by atoms with E-state index in [1.54, 1.807) is 6.07 Å². The van der Waals surface area contributed by atoms with E-state index in [4.69, 9.17) is 9.63 Å². The Balaban J connectivity index is 2.03. The molecule has 1 aromatic rings. The van der Waals surface area contributed by atoms with Crippen molar-refractivity contribution in [3.05, 3.63) is 17.5 Å². The van der Waals surface area contributed by atoms with Crippen LogP contribution >= 0.6 is 0 Å². The van der Waals surface area contributed by atoms with Gasteiger partial charge in [0.2, 0.25) is 0 Å². The fraction of sp³-hybridized carbons (Fsp3) is 0.583. The molecule has 2 rings (SSSR count). The van der Waals surface area contributed by atoms with Crippen molar-refractivity contribution >= 4 is 11.9 Å². The van der Waals surface area contributed by atoms with Gasteiger partial charge in [-0.1, -0.05) is 19.0 Å². The Bertz CT molecular complexity index is 462. The molecular formula is C12H16N2O4. The topological polar surface area (TPSA) is 92.4 Å². The van der Waals surface area contributed by atoms with Crippen molar-refractivity contribution < 1.29 is 19.2 Å². The Kier molecular flexibility index (Phi) is 3.36. The Morgan fingerprint density at radius 1 is 1.50 bits per heavy atom. The van der Waals surface area contributed by atoms with Gasteiger partial charge in [0.05, 0.1) is 0 Å². The third-order valence-corrected chi connectivity index (χ3v) is 2.98. The van der Waals surface area contributed by atoms with Crippen molar-refractivity contribution in [2.75, 3.05) is 0 Å². The second-order valence-electron chi connectivity index (χ2n) is 4.90. The predicted molar refractivity (Wildman–Crippen MR) is 62.2 cm³/mol. The van der Waals surface area contributed by atoms with Crippen LogP contribution in [0, 0.1) is 5.92 Å². The first-order chi connectivity index (χ1) is 8.49. The molecule has 18 heavy (non-hydrogen) atoms. The maximum atomic E-state index is 11.8. The first-order valence-corrected chi connectivity index (χ1v) is 5.99. The van der Waals surface area contributed by atoms with Crippen LogP contribution in [0.15, 0.2) is 10.6 Å². The van der Waals surface area contributed by atoms with Gasteiger partial charge >= 0.3 is 5.97 Å². The van der Waals surface area contributed by atoms with Gasteiger partial charge in [0, 0.05) is 12.0 Å². The third-order valence-electron chi connectivity index (χ3n) is 2.98. The number of aromatic nitrogens is 1. The molecule has 0 bridgehead atoms. The highest BCUT2D eigenvalue weighted by Crippen LogP contribution is 2.32. The predicted octanol–water partition coefficient (Wildman–Crippen LogP) is 1.39. The normalized spacial score (nSPS) is 16.6. The number of hydrogen-bond donors (Lipinski definition) is 2. The molecule has 0 aromatic carbocycles. The Labute approximate surface area is 104 Å². The zero-order valence-corrected chi connectivity index (χ0v) is 10.3. The Hall–Kier alpha value is -1.85. The molecule has 1 unspecified atom stereocenters. The van der Waals surface area contributed by atoms with Crippen molar-refractivity contribution in [3.8, 4) is 0 Å². The lowest BCUT2D eigenvalue weighted by molar-refractivity contribution is -0.139. The van der Waals surface area contributed by atoms with E-state index in [0.717, 1.165) is 12.8 Å². The molecule has 0 spiro atoms. The zero-order valence-electron chi connectivity index (χ0n) is 10.3. The summed E-state index contributed by atoms with van der Waals surface area (Å²) in [5.41, 5.74) is 0.130. The van der Waals surface area contributed by atoms with Crippen LogP contribution in [0.2, 0.25) is 0 Å². The fourth-order valence-electron chi connectivity index (χ4n) is 1.69. The first kappa shape index (κ1) is 12.6. The summed E-state index contributed by atoms with van der Waals surface area (Å²) in [4.78, 5) is 22.8. The molecule has 1 aliphatic carbocycles. The summed E-state index contributed by atoms with van der Waals surface area (Å²) in [6.07, 6.45) is 1.68. The van der Waals surface area contributed by atoms with E-state index >= 15 is 0 Å². The van der Waals surface area contributed by atoms with Crippen LogP contribution in [0.1, 0.15) is 48.9 Å². The number of nitrogens with one attached hydrogen (secondary N) is 1. The number of hydrogen-bond acceptors (Lipinski definition) is 4. The summed E-state index contributed by atoms with van der Waals surface area (Å²) in [5, 5.41) is 15.1. The number of amides is 1. The molecular weight excluding hydrogens is 236 g/mol. The first-order valence-electron chi connectivity index (χ1n) is 5.99. The fourth-order valence-corrected chi connectivity index (χ4v) is 1.69. The molecule has 1 fully saturated rings. The van der Waals surface area contributed by atoms with Crippen molar-refractivity contribution in [2.45, 2.75) is 38.6 Å². The molecule has 0 aliphatic heterocycles. The maximum absolute atomic E-state index is 11.8. The van der Waals surface area contributed by atoms with Crippen molar-refractivity contribution in [1.82, 2.24) is 10.5 Å². The molecule has 1 aliphatic rings. The van der Waals surface area contributed by atoms with Crippen LogP contribution in [0.5, 0.6) is 0 Å². The number of nitrogens with zero attached hydrogens (tertiary/aromatic N) is 1. The molecule has 1 heterocycles. The highest BCUT2D eigenvalue weighted by Gasteiger charge is 2.37. The summed E-state index contributed by atoms with van der Waals surface area (Å²) in [6.45, 7) is 3.85. The number of carbonyl (C=O) groups is 2. The van der Waals surface area contributed by atoms with Crippen LogP contribution in [-0.4, -0.2) is 28.2 Å². The highest BCUT2D eigenvalue weighted by atomic mass is 16.5. The number of carboxylic acids is 1. The minimum Gasteiger partial charge on any atom is -0.480 e. The largest absolute Gasteiger partial charge is 0.480 e. The van der Waals surface area contributed by atoms with Gasteiger partial charge in [-0.05, 0) is 18.8 Å². The van der Waals surface area contributed by atoms with E-state index in [1.807, 2.05) is 13.8 Å². The van der Waals surface area contributed by atoms with E-state index in [1.165, 1.54) is 0 Å². The number of carboxylic acid groups (broad SMARTS) is 1. The maximum Gasteiger partial charge on any atom is 0.326 e. The van der Waals surface area contributed by atoms with E-state index in [-0.39, 0.29) is 17.5 Å². The SMILES string of the molecule is CC(C)c1cc(C(=O)NC(C(=O)O)C2CC2)no1. The van der Waals surface area contributed by atoms with Crippen LogP contribution in [0.4, 0.5) is 0 Å². The molecule has 2 N–H and O–H groups in total. The number of rotatable bonds is 5. The van der Waals surface area contributed by atoms with Gasteiger partial charge in [-0.25, -0.2) is 4.79 Å². The Morgan fingerprint density at radius 3 is 2.61 bits per heavy atom. The molecule has 98 valence electrons. The molecule has 0 saturated heterocycles. The van der Waals surface area contributed by atoms with Crippen LogP contribution in [0.25, 0.3) is 0 Å². The monoisotopic (exact) mass is 252 g/mol. The molecule has 6 heteroatoms. The smallest absolute Gasteiger partial charge is 0.326 e. The molecule has 6 nitrogen and oxygen atoms in total. The third kappa shape index (κ3) is 2.69. The average molecular weight is 252 g/mol. The lowest BCUT2D eigenvalue weighted by Crippen LogP contribution is -2.42. The molecule has 1 atom stereocenters. The van der Waals surface area contributed by atoms with Crippen molar-refractivity contribution in [2.24, 2.45) is 5.92 Å². The quantitative estimate of drug-likeness (QED) is 0.826. The number of carbonyl (C=O) groups excluding carboxylic acids is 1. The molecule has 1 aromatic heterocycles. The second-order valence-corrected chi connectivity index (χ2v) is 4.90. The van der Waals surface area contributed by atoms with Crippen LogP contribution in [-0.2, 0) is 4.79 Å².